The molecule has 1 saturated heterocycles. The Bertz CT molecular complexity index is 355. The smallest absolute Gasteiger partial charge is 0.303 e. The van der Waals surface area contributed by atoms with Crippen molar-refractivity contribution in [3.05, 3.63) is 0 Å². The first-order chi connectivity index (χ1) is 7.89. The number of hydrogen-bond donors (Lipinski definition) is 3. The van der Waals surface area contributed by atoms with Gasteiger partial charge in [-0.15, -0.1) is 0 Å². The number of carbonyl (C=O) groups is 1. The lowest BCUT2D eigenvalue weighted by Gasteiger charge is -2.28. The number of piperidine rings is 1. The van der Waals surface area contributed by atoms with Crippen LogP contribution in [-0.2, 0) is 14.8 Å². The van der Waals surface area contributed by atoms with Crippen molar-refractivity contribution >= 4 is 16.0 Å². The highest BCUT2D eigenvalue weighted by molar-refractivity contribution is 7.89. The molecular formula is C10H20N2O4S. The van der Waals surface area contributed by atoms with Crippen LogP contribution in [0.1, 0.15) is 32.6 Å². The van der Waals surface area contributed by atoms with Crippen molar-refractivity contribution in [3.8, 4) is 0 Å². The molecule has 0 aromatic rings. The van der Waals surface area contributed by atoms with Crippen molar-refractivity contribution in [2.45, 2.75) is 44.7 Å². The molecule has 3 N–H and O–H groups in total. The van der Waals surface area contributed by atoms with Crippen LogP contribution in [0.2, 0.25) is 0 Å². The van der Waals surface area contributed by atoms with E-state index in [2.05, 4.69) is 10.0 Å². The van der Waals surface area contributed by atoms with E-state index in [9.17, 15) is 13.2 Å². The van der Waals surface area contributed by atoms with Crippen LogP contribution in [0.5, 0.6) is 0 Å². The van der Waals surface area contributed by atoms with Crippen LogP contribution in [-0.4, -0.2) is 43.9 Å². The maximum Gasteiger partial charge on any atom is 0.303 e. The first-order valence-electron chi connectivity index (χ1n) is 5.84. The maximum absolute atomic E-state index is 11.7. The van der Waals surface area contributed by atoms with Gasteiger partial charge in [-0.3, -0.25) is 4.79 Å². The van der Waals surface area contributed by atoms with Crippen molar-refractivity contribution < 1.29 is 18.3 Å². The monoisotopic (exact) mass is 264 g/mol. The van der Waals surface area contributed by atoms with Gasteiger partial charge >= 0.3 is 5.97 Å². The third kappa shape index (κ3) is 5.99. The lowest BCUT2D eigenvalue weighted by atomic mass is 10.0. The van der Waals surface area contributed by atoms with E-state index in [1.807, 2.05) is 6.92 Å². The fourth-order valence-corrected chi connectivity index (χ4v) is 3.33. The fourth-order valence-electron chi connectivity index (χ4n) is 1.97. The molecule has 0 bridgehead atoms. The molecule has 1 aliphatic heterocycles. The van der Waals surface area contributed by atoms with E-state index in [0.29, 0.717) is 6.04 Å². The number of nitrogens with one attached hydrogen (secondary N) is 2. The molecule has 0 amide bonds. The van der Waals surface area contributed by atoms with E-state index in [-0.39, 0.29) is 24.6 Å². The normalized spacial score (nSPS) is 25.7. The zero-order valence-corrected chi connectivity index (χ0v) is 10.8. The Kier molecular flexibility index (Phi) is 5.35. The molecular weight excluding hydrogens is 244 g/mol. The van der Waals surface area contributed by atoms with Crippen molar-refractivity contribution in [1.29, 1.82) is 0 Å². The molecule has 0 aliphatic carbocycles. The standard InChI is InChI=1S/C10H20N2O4S/c1-8-7-9(4-5-11-8)12-17(15,16)6-2-3-10(13)14/h8-9,11-12H,2-7H2,1H3,(H,13,14). The first-order valence-corrected chi connectivity index (χ1v) is 7.49. The minimum atomic E-state index is -3.34. The van der Waals surface area contributed by atoms with Gasteiger partial charge in [0.1, 0.15) is 0 Å². The Balaban J connectivity index is 2.35. The van der Waals surface area contributed by atoms with E-state index in [1.165, 1.54) is 0 Å². The van der Waals surface area contributed by atoms with Crippen LogP contribution in [0.15, 0.2) is 0 Å². The van der Waals surface area contributed by atoms with Crippen LogP contribution in [0.3, 0.4) is 0 Å². The van der Waals surface area contributed by atoms with Gasteiger partial charge in [0.05, 0.1) is 5.75 Å². The molecule has 17 heavy (non-hydrogen) atoms. The van der Waals surface area contributed by atoms with Crippen LogP contribution < -0.4 is 10.0 Å². The number of carboxylic acid groups (broad SMARTS) is 1. The highest BCUT2D eigenvalue weighted by Crippen LogP contribution is 2.09. The molecule has 1 rings (SSSR count). The third-order valence-corrected chi connectivity index (χ3v) is 4.29. The number of rotatable bonds is 6. The second-order valence-corrected chi connectivity index (χ2v) is 6.38. The quantitative estimate of drug-likeness (QED) is 0.623. The van der Waals surface area contributed by atoms with Crippen LogP contribution in [0, 0.1) is 0 Å². The summed E-state index contributed by atoms with van der Waals surface area (Å²) in [5.41, 5.74) is 0. The van der Waals surface area contributed by atoms with E-state index < -0.39 is 16.0 Å². The molecule has 1 fully saturated rings. The topological polar surface area (TPSA) is 95.5 Å². The van der Waals surface area contributed by atoms with Crippen molar-refractivity contribution in [3.63, 3.8) is 0 Å². The van der Waals surface area contributed by atoms with Gasteiger partial charge in [-0.2, -0.15) is 0 Å². The summed E-state index contributed by atoms with van der Waals surface area (Å²) in [7, 11) is -3.34. The van der Waals surface area contributed by atoms with Gasteiger partial charge in [-0.1, -0.05) is 0 Å². The molecule has 100 valence electrons. The molecule has 0 saturated carbocycles. The molecule has 6 nitrogen and oxygen atoms in total. The second kappa shape index (κ2) is 6.32. The lowest BCUT2D eigenvalue weighted by Crippen LogP contribution is -2.47. The zero-order chi connectivity index (χ0) is 12.9. The average molecular weight is 264 g/mol. The van der Waals surface area contributed by atoms with Gasteiger partial charge in [0.25, 0.3) is 0 Å². The molecule has 0 spiro atoms. The Hall–Kier alpha value is -0.660. The lowest BCUT2D eigenvalue weighted by molar-refractivity contribution is -0.137. The third-order valence-electron chi connectivity index (χ3n) is 2.77. The largest absolute Gasteiger partial charge is 0.481 e. The Morgan fingerprint density at radius 2 is 2.24 bits per heavy atom. The summed E-state index contributed by atoms with van der Waals surface area (Å²) in [6.45, 7) is 2.83. The minimum Gasteiger partial charge on any atom is -0.481 e. The number of hydrogen-bond acceptors (Lipinski definition) is 4. The van der Waals surface area contributed by atoms with Crippen molar-refractivity contribution in [2.24, 2.45) is 0 Å². The van der Waals surface area contributed by atoms with Crippen molar-refractivity contribution in [1.82, 2.24) is 10.0 Å². The summed E-state index contributed by atoms with van der Waals surface area (Å²) < 4.78 is 26.0. The van der Waals surface area contributed by atoms with E-state index in [4.69, 9.17) is 5.11 Å². The molecule has 1 aliphatic rings. The molecule has 0 aromatic heterocycles. The Morgan fingerprint density at radius 1 is 1.53 bits per heavy atom. The molecule has 2 unspecified atom stereocenters. The van der Waals surface area contributed by atoms with Gasteiger partial charge < -0.3 is 10.4 Å². The summed E-state index contributed by atoms with van der Waals surface area (Å²) in [5.74, 6) is -1.08. The summed E-state index contributed by atoms with van der Waals surface area (Å²) in [4.78, 5) is 10.3. The number of sulfonamides is 1. The van der Waals surface area contributed by atoms with Gasteiger partial charge in [0.2, 0.25) is 10.0 Å². The van der Waals surface area contributed by atoms with Gasteiger partial charge in [-0.05, 0) is 32.7 Å². The fraction of sp³-hybridized carbons (Fsp3) is 0.900. The minimum absolute atomic E-state index is 0.0268. The first kappa shape index (κ1) is 14.4. The van der Waals surface area contributed by atoms with E-state index >= 15 is 0 Å². The summed E-state index contributed by atoms with van der Waals surface area (Å²) in [6, 6.07) is 0.288. The van der Waals surface area contributed by atoms with Gasteiger partial charge in [0.15, 0.2) is 0 Å². The molecule has 0 aromatic carbocycles. The average Bonchev–Trinajstić information content (AvgIpc) is 2.15. The van der Waals surface area contributed by atoms with E-state index in [0.717, 1.165) is 19.4 Å². The highest BCUT2D eigenvalue weighted by Gasteiger charge is 2.22. The SMILES string of the molecule is CC1CC(NS(=O)(=O)CCCC(=O)O)CCN1. The van der Waals surface area contributed by atoms with Crippen LogP contribution >= 0.6 is 0 Å². The van der Waals surface area contributed by atoms with E-state index in [1.54, 1.807) is 0 Å². The van der Waals surface area contributed by atoms with Gasteiger partial charge in [-0.25, -0.2) is 13.1 Å². The molecule has 7 heteroatoms. The molecule has 1 heterocycles. The van der Waals surface area contributed by atoms with Crippen molar-refractivity contribution in [2.75, 3.05) is 12.3 Å². The molecule has 2 atom stereocenters. The Labute approximate surface area is 102 Å². The molecule has 0 radical (unpaired) electrons. The van der Waals surface area contributed by atoms with Crippen LogP contribution in [0.4, 0.5) is 0 Å². The zero-order valence-electron chi connectivity index (χ0n) is 9.98. The van der Waals surface area contributed by atoms with Gasteiger partial charge in [0, 0.05) is 18.5 Å². The Morgan fingerprint density at radius 3 is 2.82 bits per heavy atom. The number of aliphatic carboxylic acids is 1. The predicted molar refractivity (Wildman–Crippen MR) is 64.3 cm³/mol. The predicted octanol–water partition coefficient (Wildman–Crippen LogP) is -0.0889. The number of carboxylic acids is 1. The summed E-state index contributed by atoms with van der Waals surface area (Å²) >= 11 is 0. The summed E-state index contributed by atoms with van der Waals surface area (Å²) in [5, 5.41) is 11.7. The maximum atomic E-state index is 11.7. The highest BCUT2D eigenvalue weighted by atomic mass is 32.2. The van der Waals surface area contributed by atoms with Crippen LogP contribution in [0.25, 0.3) is 0 Å². The summed E-state index contributed by atoms with van der Waals surface area (Å²) in [6.07, 6.45) is 1.61. The second-order valence-electron chi connectivity index (χ2n) is 4.51.